The van der Waals surface area contributed by atoms with Crippen LogP contribution < -0.4 is 0 Å². The van der Waals surface area contributed by atoms with Gasteiger partial charge in [-0.1, -0.05) is 70.0 Å². The van der Waals surface area contributed by atoms with E-state index in [9.17, 15) is 0 Å². The highest BCUT2D eigenvalue weighted by atomic mass is 14.4. The minimum absolute atomic E-state index is 0.113. The van der Waals surface area contributed by atoms with Crippen LogP contribution in [0.5, 0.6) is 0 Å². The van der Waals surface area contributed by atoms with Gasteiger partial charge >= 0.3 is 0 Å². The van der Waals surface area contributed by atoms with Gasteiger partial charge in [-0.15, -0.1) is 0 Å². The van der Waals surface area contributed by atoms with E-state index < -0.39 is 0 Å². The molecular weight excluding hydrogens is 252 g/mol. The Kier molecular flexibility index (Phi) is 3.67. The summed E-state index contributed by atoms with van der Waals surface area (Å²) in [4.78, 5) is 0. The summed E-state index contributed by atoms with van der Waals surface area (Å²) in [5.41, 5.74) is 8.99. The normalized spacial score (nSPS) is 18.6. The maximum atomic E-state index is 4.29. The topological polar surface area (TPSA) is 0 Å². The van der Waals surface area contributed by atoms with E-state index in [1.54, 1.807) is 0 Å². The molecule has 0 amide bonds. The minimum Gasteiger partial charge on any atom is -0.0984 e. The average molecular weight is 276 g/mol. The van der Waals surface area contributed by atoms with Crippen molar-refractivity contribution in [2.75, 3.05) is 0 Å². The van der Waals surface area contributed by atoms with E-state index in [0.717, 1.165) is 16.7 Å². The number of hydrogen-bond acceptors (Lipinski definition) is 0. The second kappa shape index (κ2) is 5.04. The average Bonchev–Trinajstić information content (AvgIpc) is 2.40. The Morgan fingerprint density at radius 2 is 1.76 bits per heavy atom. The largest absolute Gasteiger partial charge is 0.0984 e. The minimum atomic E-state index is -0.113. The van der Waals surface area contributed by atoms with Crippen molar-refractivity contribution in [2.45, 2.75) is 33.1 Å². The SMILES string of the molecule is C=Cc1c(C)ccc2c1C(=C)C(=C)/C(=C\C(=C)C)C2(C)C. The first-order chi connectivity index (χ1) is 9.71. The molecule has 0 saturated heterocycles. The number of aryl methyl sites for hydroxylation is 1. The third-order valence-corrected chi connectivity index (χ3v) is 4.40. The van der Waals surface area contributed by atoms with Crippen molar-refractivity contribution in [3.63, 3.8) is 0 Å². The molecule has 0 unspecified atom stereocenters. The van der Waals surface area contributed by atoms with Crippen LogP contribution in [0.4, 0.5) is 0 Å². The summed E-state index contributed by atoms with van der Waals surface area (Å²) in [6.45, 7) is 25.2. The van der Waals surface area contributed by atoms with Crippen molar-refractivity contribution < 1.29 is 0 Å². The first-order valence-corrected chi connectivity index (χ1v) is 7.25. The third-order valence-electron chi connectivity index (χ3n) is 4.40. The molecule has 1 aromatic carbocycles. The van der Waals surface area contributed by atoms with Crippen LogP contribution in [0.25, 0.3) is 11.6 Å². The Bertz CT molecular complexity index is 706. The first kappa shape index (κ1) is 15.3. The molecule has 0 heteroatoms. The lowest BCUT2D eigenvalue weighted by Gasteiger charge is -2.39. The highest BCUT2D eigenvalue weighted by Crippen LogP contribution is 2.49. The molecule has 0 aromatic heterocycles. The lowest BCUT2D eigenvalue weighted by Crippen LogP contribution is -2.28. The Hall–Kier alpha value is -2.08. The molecule has 0 aliphatic heterocycles. The van der Waals surface area contributed by atoms with Crippen LogP contribution in [0.3, 0.4) is 0 Å². The predicted molar refractivity (Wildman–Crippen MR) is 95.4 cm³/mol. The fourth-order valence-corrected chi connectivity index (χ4v) is 3.18. The first-order valence-electron chi connectivity index (χ1n) is 7.25. The smallest absolute Gasteiger partial charge is 0.0158 e. The van der Waals surface area contributed by atoms with E-state index in [4.69, 9.17) is 0 Å². The zero-order chi connectivity index (χ0) is 15.9. The van der Waals surface area contributed by atoms with Gasteiger partial charge in [0.1, 0.15) is 0 Å². The van der Waals surface area contributed by atoms with Gasteiger partial charge in [0.25, 0.3) is 0 Å². The molecule has 0 saturated carbocycles. The van der Waals surface area contributed by atoms with Crippen LogP contribution in [0.2, 0.25) is 0 Å². The van der Waals surface area contributed by atoms with Gasteiger partial charge in [-0.05, 0) is 52.8 Å². The highest BCUT2D eigenvalue weighted by molar-refractivity contribution is 5.92. The van der Waals surface area contributed by atoms with Crippen molar-refractivity contribution in [2.24, 2.45) is 0 Å². The quantitative estimate of drug-likeness (QED) is 0.621. The summed E-state index contributed by atoms with van der Waals surface area (Å²) in [5.74, 6) is 0. The maximum absolute atomic E-state index is 4.29. The fraction of sp³-hybridized carbons (Fsp3) is 0.238. The van der Waals surface area contributed by atoms with Crippen LogP contribution in [-0.2, 0) is 5.41 Å². The molecular formula is C21H24. The summed E-state index contributed by atoms with van der Waals surface area (Å²) in [7, 11) is 0. The van der Waals surface area contributed by atoms with E-state index in [-0.39, 0.29) is 5.41 Å². The van der Waals surface area contributed by atoms with Gasteiger partial charge in [-0.3, -0.25) is 0 Å². The molecule has 0 fully saturated rings. The fourth-order valence-electron chi connectivity index (χ4n) is 3.18. The van der Waals surface area contributed by atoms with E-state index in [1.807, 2.05) is 13.0 Å². The highest BCUT2D eigenvalue weighted by Gasteiger charge is 2.36. The van der Waals surface area contributed by atoms with Gasteiger partial charge in [-0.25, -0.2) is 0 Å². The number of fused-ring (bicyclic) bond motifs is 1. The van der Waals surface area contributed by atoms with Gasteiger partial charge in [-0.2, -0.15) is 0 Å². The molecule has 2 rings (SSSR count). The van der Waals surface area contributed by atoms with Crippen LogP contribution in [-0.4, -0.2) is 0 Å². The van der Waals surface area contributed by atoms with E-state index in [1.165, 1.54) is 27.8 Å². The van der Waals surface area contributed by atoms with Crippen molar-refractivity contribution in [1.29, 1.82) is 0 Å². The molecule has 0 N–H and O–H groups in total. The van der Waals surface area contributed by atoms with Crippen molar-refractivity contribution in [3.8, 4) is 0 Å². The van der Waals surface area contributed by atoms with Crippen LogP contribution >= 0.6 is 0 Å². The predicted octanol–water partition coefficient (Wildman–Crippen LogP) is 6.00. The molecule has 0 radical (unpaired) electrons. The van der Waals surface area contributed by atoms with Crippen molar-refractivity contribution in [3.05, 3.63) is 83.5 Å². The standard InChI is InChI=1S/C21H24/c1-9-17-14(4)10-11-18-20(17)16(6)15(5)19(12-13(2)3)21(18,7)8/h9-12H,1-2,5-6H2,3-4,7-8H3/b19-12+. The molecule has 0 heterocycles. The summed E-state index contributed by atoms with van der Waals surface area (Å²) in [6.07, 6.45) is 4.06. The van der Waals surface area contributed by atoms with Crippen LogP contribution in [0, 0.1) is 6.92 Å². The second-order valence-electron chi connectivity index (χ2n) is 6.41. The van der Waals surface area contributed by atoms with Gasteiger partial charge in [0.2, 0.25) is 0 Å². The molecule has 1 aromatic rings. The summed E-state index contributed by atoms with van der Waals surface area (Å²) < 4.78 is 0. The van der Waals surface area contributed by atoms with Crippen LogP contribution in [0.15, 0.2) is 61.2 Å². The summed E-state index contributed by atoms with van der Waals surface area (Å²) >= 11 is 0. The lowest BCUT2D eigenvalue weighted by molar-refractivity contribution is 0.624. The zero-order valence-electron chi connectivity index (χ0n) is 13.6. The summed E-state index contributed by atoms with van der Waals surface area (Å²) in [6, 6.07) is 4.37. The number of benzene rings is 1. The third kappa shape index (κ3) is 2.25. The Morgan fingerprint density at radius 1 is 1.14 bits per heavy atom. The molecule has 21 heavy (non-hydrogen) atoms. The maximum Gasteiger partial charge on any atom is 0.0158 e. The summed E-state index contributed by atoms with van der Waals surface area (Å²) in [5, 5.41) is 0. The molecule has 108 valence electrons. The van der Waals surface area contributed by atoms with E-state index in [2.05, 4.69) is 65.3 Å². The molecule has 0 spiro atoms. The Morgan fingerprint density at radius 3 is 2.29 bits per heavy atom. The van der Waals surface area contributed by atoms with Gasteiger partial charge in [0, 0.05) is 5.41 Å². The lowest BCUT2D eigenvalue weighted by atomic mass is 9.64. The van der Waals surface area contributed by atoms with Crippen molar-refractivity contribution >= 4 is 11.6 Å². The zero-order valence-corrected chi connectivity index (χ0v) is 13.6. The number of allylic oxidation sites excluding steroid dienone is 5. The Labute approximate surface area is 128 Å². The van der Waals surface area contributed by atoms with Crippen molar-refractivity contribution in [1.82, 2.24) is 0 Å². The second-order valence-corrected chi connectivity index (χ2v) is 6.41. The Balaban J connectivity index is 2.87. The van der Waals surface area contributed by atoms with Gasteiger partial charge < -0.3 is 0 Å². The molecule has 1 aliphatic carbocycles. The van der Waals surface area contributed by atoms with Crippen LogP contribution in [0.1, 0.15) is 43.0 Å². The van der Waals surface area contributed by atoms with Gasteiger partial charge in [0.05, 0.1) is 0 Å². The molecule has 0 nitrogen and oxygen atoms in total. The van der Waals surface area contributed by atoms with Gasteiger partial charge in [0.15, 0.2) is 0 Å². The molecule has 0 bridgehead atoms. The molecule has 1 aliphatic rings. The van der Waals surface area contributed by atoms with E-state index in [0.29, 0.717) is 0 Å². The number of hydrogen-bond donors (Lipinski definition) is 0. The van der Waals surface area contributed by atoms with E-state index >= 15 is 0 Å². The molecule has 0 atom stereocenters. The monoisotopic (exact) mass is 276 g/mol. The number of rotatable bonds is 2.